The molecular weight excluding hydrogens is 268 g/mol. The van der Waals surface area contributed by atoms with E-state index in [0.717, 1.165) is 51.6 Å². The van der Waals surface area contributed by atoms with E-state index < -0.39 is 5.97 Å². The number of rotatable bonds is 3. The molecular formula is C16H26N2O3. The summed E-state index contributed by atoms with van der Waals surface area (Å²) in [6.45, 7) is 3.96. The molecule has 0 spiro atoms. The summed E-state index contributed by atoms with van der Waals surface area (Å²) < 4.78 is 0. The molecule has 3 aliphatic rings. The number of amides is 1. The molecule has 5 nitrogen and oxygen atoms in total. The third kappa shape index (κ3) is 2.80. The number of hydrogen-bond donors (Lipinski definition) is 2. The zero-order chi connectivity index (χ0) is 15.0. The second-order valence-corrected chi connectivity index (χ2v) is 7.34. The molecule has 5 heteroatoms. The number of aliphatic carboxylic acids is 1. The van der Waals surface area contributed by atoms with Crippen LogP contribution in [-0.2, 0) is 9.59 Å². The Morgan fingerprint density at radius 2 is 1.76 bits per heavy atom. The summed E-state index contributed by atoms with van der Waals surface area (Å²) in [4.78, 5) is 26.1. The molecule has 0 aromatic rings. The number of fused-ring (bicyclic) bond motifs is 2. The Morgan fingerprint density at radius 1 is 1.19 bits per heavy atom. The van der Waals surface area contributed by atoms with Gasteiger partial charge in [-0.25, -0.2) is 0 Å². The van der Waals surface area contributed by atoms with Crippen molar-refractivity contribution in [2.75, 3.05) is 13.1 Å². The standard InChI is InChI=1S/C16H26N2O3/c1-16(4-6-17-7-5-16)15(21)18-12-2-3-13(18)9-11(8-12)10-14(19)20/h11-13,17H,2-10H2,1H3,(H,19,20). The van der Waals surface area contributed by atoms with Crippen LogP contribution in [-0.4, -0.2) is 47.1 Å². The smallest absolute Gasteiger partial charge is 0.303 e. The summed E-state index contributed by atoms with van der Waals surface area (Å²) in [5.74, 6) is -0.125. The van der Waals surface area contributed by atoms with Crippen LogP contribution in [0.4, 0.5) is 0 Å². The van der Waals surface area contributed by atoms with Gasteiger partial charge in [-0.3, -0.25) is 9.59 Å². The van der Waals surface area contributed by atoms with Crippen molar-refractivity contribution in [3.63, 3.8) is 0 Å². The first-order valence-corrected chi connectivity index (χ1v) is 8.25. The van der Waals surface area contributed by atoms with Crippen LogP contribution in [0.25, 0.3) is 0 Å². The molecule has 0 aromatic carbocycles. The van der Waals surface area contributed by atoms with Crippen LogP contribution in [0.1, 0.15) is 51.9 Å². The van der Waals surface area contributed by atoms with Crippen molar-refractivity contribution in [3.05, 3.63) is 0 Å². The highest BCUT2D eigenvalue weighted by molar-refractivity contribution is 5.83. The van der Waals surface area contributed by atoms with E-state index in [9.17, 15) is 9.59 Å². The molecule has 2 N–H and O–H groups in total. The summed E-state index contributed by atoms with van der Waals surface area (Å²) in [5.41, 5.74) is -0.217. The van der Waals surface area contributed by atoms with E-state index in [1.165, 1.54) is 0 Å². The molecule has 2 bridgehead atoms. The van der Waals surface area contributed by atoms with Gasteiger partial charge in [-0.1, -0.05) is 6.92 Å². The number of piperidine rings is 2. The number of carboxylic acid groups (broad SMARTS) is 1. The third-order valence-corrected chi connectivity index (χ3v) is 5.75. The van der Waals surface area contributed by atoms with Crippen molar-refractivity contribution in [2.45, 2.75) is 64.0 Å². The van der Waals surface area contributed by atoms with Gasteiger partial charge in [0.2, 0.25) is 5.91 Å². The second-order valence-electron chi connectivity index (χ2n) is 7.34. The highest BCUT2D eigenvalue weighted by Crippen LogP contribution is 2.43. The summed E-state index contributed by atoms with van der Waals surface area (Å²) in [6, 6.07) is 0.569. The van der Waals surface area contributed by atoms with Gasteiger partial charge in [-0.05, 0) is 57.5 Å². The molecule has 2 unspecified atom stereocenters. The Bertz CT molecular complexity index is 417. The molecule has 1 amide bonds. The second kappa shape index (κ2) is 5.59. The normalized spacial score (nSPS) is 34.7. The fourth-order valence-corrected chi connectivity index (χ4v) is 4.54. The maximum Gasteiger partial charge on any atom is 0.303 e. The minimum absolute atomic E-state index is 0.217. The van der Waals surface area contributed by atoms with Gasteiger partial charge in [-0.15, -0.1) is 0 Å². The highest BCUT2D eigenvalue weighted by Gasteiger charge is 2.48. The Hall–Kier alpha value is -1.10. The first kappa shape index (κ1) is 14.8. The SMILES string of the molecule is CC1(C(=O)N2C3CCC2CC(CC(=O)O)C3)CCNCC1. The van der Waals surface area contributed by atoms with Crippen molar-refractivity contribution in [3.8, 4) is 0 Å². The van der Waals surface area contributed by atoms with Gasteiger partial charge in [0.25, 0.3) is 0 Å². The van der Waals surface area contributed by atoms with Crippen LogP contribution >= 0.6 is 0 Å². The number of carbonyl (C=O) groups excluding carboxylic acids is 1. The first-order valence-electron chi connectivity index (χ1n) is 8.25. The average Bonchev–Trinajstić information content (AvgIpc) is 2.69. The fourth-order valence-electron chi connectivity index (χ4n) is 4.54. The molecule has 3 aliphatic heterocycles. The Labute approximate surface area is 126 Å². The Kier molecular flexibility index (Phi) is 3.95. The van der Waals surface area contributed by atoms with E-state index in [-0.39, 0.29) is 29.8 Å². The molecule has 3 fully saturated rings. The lowest BCUT2D eigenvalue weighted by Crippen LogP contribution is -2.54. The van der Waals surface area contributed by atoms with Crippen molar-refractivity contribution in [1.82, 2.24) is 10.2 Å². The van der Waals surface area contributed by atoms with Crippen molar-refractivity contribution < 1.29 is 14.7 Å². The number of nitrogens with one attached hydrogen (secondary N) is 1. The maximum absolute atomic E-state index is 13.0. The molecule has 2 atom stereocenters. The van der Waals surface area contributed by atoms with Gasteiger partial charge in [0.1, 0.15) is 0 Å². The molecule has 0 saturated carbocycles. The number of hydrogen-bond acceptors (Lipinski definition) is 3. The van der Waals surface area contributed by atoms with Crippen molar-refractivity contribution in [2.24, 2.45) is 11.3 Å². The molecule has 3 saturated heterocycles. The largest absolute Gasteiger partial charge is 0.481 e. The lowest BCUT2D eigenvalue weighted by Gasteiger charge is -2.44. The third-order valence-electron chi connectivity index (χ3n) is 5.75. The zero-order valence-electron chi connectivity index (χ0n) is 12.8. The minimum Gasteiger partial charge on any atom is -0.481 e. The average molecular weight is 294 g/mol. The quantitative estimate of drug-likeness (QED) is 0.830. The van der Waals surface area contributed by atoms with E-state index in [0.29, 0.717) is 5.91 Å². The van der Waals surface area contributed by atoms with Crippen molar-refractivity contribution in [1.29, 1.82) is 0 Å². The molecule has 3 heterocycles. The lowest BCUT2D eigenvalue weighted by atomic mass is 9.78. The molecule has 3 rings (SSSR count). The number of carbonyl (C=O) groups is 2. The first-order chi connectivity index (χ1) is 9.99. The lowest BCUT2D eigenvalue weighted by molar-refractivity contribution is -0.148. The summed E-state index contributed by atoms with van der Waals surface area (Å²) >= 11 is 0. The molecule has 0 aliphatic carbocycles. The number of nitrogens with zero attached hydrogens (tertiary/aromatic N) is 1. The Morgan fingerprint density at radius 3 is 2.29 bits per heavy atom. The highest BCUT2D eigenvalue weighted by atomic mass is 16.4. The van der Waals surface area contributed by atoms with E-state index in [4.69, 9.17) is 5.11 Å². The van der Waals surface area contributed by atoms with E-state index in [1.807, 2.05) is 0 Å². The molecule has 21 heavy (non-hydrogen) atoms. The minimum atomic E-state index is -0.704. The van der Waals surface area contributed by atoms with Crippen molar-refractivity contribution >= 4 is 11.9 Å². The summed E-state index contributed by atoms with van der Waals surface area (Å²) in [5, 5.41) is 12.3. The predicted molar refractivity (Wildman–Crippen MR) is 78.8 cm³/mol. The van der Waals surface area contributed by atoms with Gasteiger partial charge in [0, 0.05) is 23.9 Å². The van der Waals surface area contributed by atoms with E-state index >= 15 is 0 Å². The van der Waals surface area contributed by atoms with Crippen LogP contribution in [0.15, 0.2) is 0 Å². The Balaban J connectivity index is 1.70. The zero-order valence-corrected chi connectivity index (χ0v) is 12.8. The van der Waals surface area contributed by atoms with Crippen LogP contribution in [0.2, 0.25) is 0 Å². The monoisotopic (exact) mass is 294 g/mol. The van der Waals surface area contributed by atoms with Crippen LogP contribution in [0, 0.1) is 11.3 Å². The number of carboxylic acids is 1. The van der Waals surface area contributed by atoms with Crippen LogP contribution < -0.4 is 5.32 Å². The summed E-state index contributed by atoms with van der Waals surface area (Å²) in [7, 11) is 0. The van der Waals surface area contributed by atoms with Gasteiger partial charge in [0.15, 0.2) is 0 Å². The molecule has 0 radical (unpaired) electrons. The topological polar surface area (TPSA) is 69.6 Å². The van der Waals surface area contributed by atoms with Crippen LogP contribution in [0.3, 0.4) is 0 Å². The van der Waals surface area contributed by atoms with Crippen LogP contribution in [0.5, 0.6) is 0 Å². The van der Waals surface area contributed by atoms with E-state index in [1.54, 1.807) is 0 Å². The maximum atomic E-state index is 13.0. The fraction of sp³-hybridized carbons (Fsp3) is 0.875. The molecule has 0 aromatic heterocycles. The van der Waals surface area contributed by atoms with Gasteiger partial charge < -0.3 is 15.3 Å². The predicted octanol–water partition coefficient (Wildman–Crippen LogP) is 1.62. The van der Waals surface area contributed by atoms with Gasteiger partial charge in [0.05, 0.1) is 0 Å². The summed E-state index contributed by atoms with van der Waals surface area (Å²) in [6.07, 6.45) is 5.96. The van der Waals surface area contributed by atoms with Gasteiger partial charge >= 0.3 is 5.97 Å². The molecule has 118 valence electrons. The van der Waals surface area contributed by atoms with Gasteiger partial charge in [-0.2, -0.15) is 0 Å². The van der Waals surface area contributed by atoms with E-state index in [2.05, 4.69) is 17.1 Å².